The molecule has 0 heterocycles. The number of amides is 1. The van der Waals surface area contributed by atoms with Gasteiger partial charge in [0.05, 0.1) is 11.5 Å². The summed E-state index contributed by atoms with van der Waals surface area (Å²) >= 11 is 0. The van der Waals surface area contributed by atoms with E-state index < -0.39 is 10.0 Å². The highest BCUT2D eigenvalue weighted by molar-refractivity contribution is 7.89. The molecule has 0 atom stereocenters. The van der Waals surface area contributed by atoms with Gasteiger partial charge in [-0.15, -0.1) is 0 Å². The minimum Gasteiger partial charge on any atom is -0.494 e. The van der Waals surface area contributed by atoms with Crippen LogP contribution >= 0.6 is 0 Å². The van der Waals surface area contributed by atoms with Gasteiger partial charge < -0.3 is 10.1 Å². The molecule has 0 saturated heterocycles. The molecule has 0 aromatic heterocycles. The number of carbonyl (C=O) groups is 1. The zero-order chi connectivity index (χ0) is 19.3. The summed E-state index contributed by atoms with van der Waals surface area (Å²) in [6, 6.07) is 11.7. The Morgan fingerprint density at radius 3 is 2.38 bits per heavy atom. The quantitative estimate of drug-likeness (QED) is 0.806. The predicted octanol–water partition coefficient (Wildman–Crippen LogP) is 2.57. The molecule has 0 bridgehead atoms. The predicted molar refractivity (Wildman–Crippen MR) is 101 cm³/mol. The molecule has 2 aromatic carbocycles. The van der Waals surface area contributed by atoms with Crippen LogP contribution in [-0.2, 0) is 16.6 Å². The van der Waals surface area contributed by atoms with Crippen molar-refractivity contribution in [3.63, 3.8) is 0 Å². The van der Waals surface area contributed by atoms with Crippen LogP contribution in [0.15, 0.2) is 47.4 Å². The molecule has 0 spiro atoms. The number of nitrogens with zero attached hydrogens (tertiary/aromatic N) is 1. The molecule has 0 unspecified atom stereocenters. The van der Waals surface area contributed by atoms with E-state index in [1.165, 1.54) is 11.4 Å². The number of sulfonamides is 1. The summed E-state index contributed by atoms with van der Waals surface area (Å²) in [5.41, 5.74) is 2.07. The number of hydrogen-bond acceptors (Lipinski definition) is 4. The first-order chi connectivity index (χ1) is 12.3. The summed E-state index contributed by atoms with van der Waals surface area (Å²) in [6.07, 6.45) is 0. The van der Waals surface area contributed by atoms with Crippen molar-refractivity contribution in [2.75, 3.05) is 20.7 Å². The highest BCUT2D eigenvalue weighted by Crippen LogP contribution is 2.24. The van der Waals surface area contributed by atoms with E-state index in [1.807, 2.05) is 13.8 Å². The van der Waals surface area contributed by atoms with E-state index in [0.29, 0.717) is 23.5 Å². The Bertz CT molecular complexity index is 877. The molecule has 1 amide bonds. The van der Waals surface area contributed by atoms with Crippen LogP contribution in [-0.4, -0.2) is 39.3 Å². The van der Waals surface area contributed by atoms with Crippen molar-refractivity contribution in [2.45, 2.75) is 25.3 Å². The highest BCUT2D eigenvalue weighted by atomic mass is 32.2. The molecule has 2 aromatic rings. The fourth-order valence-electron chi connectivity index (χ4n) is 2.50. The van der Waals surface area contributed by atoms with Crippen LogP contribution in [0.2, 0.25) is 0 Å². The van der Waals surface area contributed by atoms with Crippen molar-refractivity contribution in [2.24, 2.45) is 0 Å². The van der Waals surface area contributed by atoms with Gasteiger partial charge in [-0.05, 0) is 44.2 Å². The SMILES string of the molecule is CCOc1ccc(C(=O)NC)cc1CN(C)S(=O)(=O)c1ccc(C)cc1. The van der Waals surface area contributed by atoms with Crippen LogP contribution in [0.4, 0.5) is 0 Å². The molecule has 26 heavy (non-hydrogen) atoms. The summed E-state index contributed by atoms with van der Waals surface area (Å²) in [7, 11) is -0.588. The fraction of sp³-hybridized carbons (Fsp3) is 0.316. The van der Waals surface area contributed by atoms with Gasteiger partial charge in [0.1, 0.15) is 5.75 Å². The Morgan fingerprint density at radius 2 is 1.81 bits per heavy atom. The smallest absolute Gasteiger partial charge is 0.251 e. The van der Waals surface area contributed by atoms with Gasteiger partial charge in [-0.2, -0.15) is 4.31 Å². The molecule has 0 fully saturated rings. The van der Waals surface area contributed by atoms with E-state index in [2.05, 4.69) is 5.32 Å². The first-order valence-electron chi connectivity index (χ1n) is 8.30. The number of benzene rings is 2. The zero-order valence-corrected chi connectivity index (χ0v) is 16.3. The van der Waals surface area contributed by atoms with Gasteiger partial charge in [-0.25, -0.2) is 8.42 Å². The van der Waals surface area contributed by atoms with E-state index in [0.717, 1.165) is 5.56 Å². The number of aryl methyl sites for hydroxylation is 1. The lowest BCUT2D eigenvalue weighted by atomic mass is 10.1. The van der Waals surface area contributed by atoms with Gasteiger partial charge in [0.25, 0.3) is 5.91 Å². The van der Waals surface area contributed by atoms with Crippen LogP contribution in [0.5, 0.6) is 5.75 Å². The minimum atomic E-state index is -3.65. The second-order valence-corrected chi connectivity index (χ2v) is 7.95. The molecule has 0 aliphatic carbocycles. The van der Waals surface area contributed by atoms with Gasteiger partial charge in [-0.3, -0.25) is 4.79 Å². The standard InChI is InChI=1S/C19H24N2O4S/c1-5-25-18-11-8-15(19(22)20-3)12-16(18)13-21(4)26(23,24)17-9-6-14(2)7-10-17/h6-12H,5,13H2,1-4H3,(H,20,22). The van der Waals surface area contributed by atoms with Crippen molar-refractivity contribution in [1.29, 1.82) is 0 Å². The molecule has 7 heteroatoms. The first kappa shape index (κ1) is 19.9. The van der Waals surface area contributed by atoms with E-state index >= 15 is 0 Å². The Balaban J connectivity index is 2.35. The maximum atomic E-state index is 12.8. The number of carbonyl (C=O) groups excluding carboxylic acids is 1. The molecule has 1 N–H and O–H groups in total. The maximum Gasteiger partial charge on any atom is 0.251 e. The van der Waals surface area contributed by atoms with Crippen molar-refractivity contribution < 1.29 is 17.9 Å². The summed E-state index contributed by atoms with van der Waals surface area (Å²) in [6.45, 7) is 4.29. The maximum absolute atomic E-state index is 12.8. The van der Waals surface area contributed by atoms with Crippen LogP contribution in [0.25, 0.3) is 0 Å². The van der Waals surface area contributed by atoms with Gasteiger partial charge in [0.2, 0.25) is 10.0 Å². The zero-order valence-electron chi connectivity index (χ0n) is 15.4. The van der Waals surface area contributed by atoms with Crippen LogP contribution < -0.4 is 10.1 Å². The number of hydrogen-bond donors (Lipinski definition) is 1. The molecular formula is C19H24N2O4S. The molecule has 0 saturated carbocycles. The highest BCUT2D eigenvalue weighted by Gasteiger charge is 2.22. The average molecular weight is 376 g/mol. The van der Waals surface area contributed by atoms with Crippen molar-refractivity contribution in [3.8, 4) is 5.75 Å². The van der Waals surface area contributed by atoms with Crippen molar-refractivity contribution in [3.05, 3.63) is 59.2 Å². The third-order valence-corrected chi connectivity index (χ3v) is 5.79. The summed E-state index contributed by atoms with van der Waals surface area (Å²) in [5.74, 6) is 0.324. The second kappa shape index (κ2) is 8.33. The molecule has 0 radical (unpaired) electrons. The lowest BCUT2D eigenvalue weighted by Crippen LogP contribution is -2.27. The normalized spacial score (nSPS) is 11.4. The molecule has 2 rings (SSSR count). The topological polar surface area (TPSA) is 75.7 Å². The molecular weight excluding hydrogens is 352 g/mol. The molecule has 0 aliphatic heterocycles. The van der Waals surface area contributed by atoms with Gasteiger partial charge in [-0.1, -0.05) is 17.7 Å². The Morgan fingerprint density at radius 1 is 1.15 bits per heavy atom. The Kier molecular flexibility index (Phi) is 6.39. The van der Waals surface area contributed by atoms with E-state index in [1.54, 1.807) is 49.5 Å². The molecule has 0 aliphatic rings. The summed E-state index contributed by atoms with van der Waals surface area (Å²) in [4.78, 5) is 12.1. The first-order valence-corrected chi connectivity index (χ1v) is 9.74. The number of nitrogens with one attached hydrogen (secondary N) is 1. The molecule has 140 valence electrons. The van der Waals surface area contributed by atoms with E-state index in [-0.39, 0.29) is 17.3 Å². The van der Waals surface area contributed by atoms with Crippen LogP contribution in [0, 0.1) is 6.92 Å². The van der Waals surface area contributed by atoms with Gasteiger partial charge in [0.15, 0.2) is 0 Å². The van der Waals surface area contributed by atoms with Crippen LogP contribution in [0.1, 0.15) is 28.4 Å². The lowest BCUT2D eigenvalue weighted by molar-refractivity contribution is 0.0963. The third kappa shape index (κ3) is 4.42. The second-order valence-electron chi connectivity index (χ2n) is 5.91. The third-order valence-electron chi connectivity index (χ3n) is 3.97. The Hall–Kier alpha value is -2.38. The molecule has 6 nitrogen and oxygen atoms in total. The Labute approximate surface area is 154 Å². The summed E-state index contributed by atoms with van der Waals surface area (Å²) in [5, 5.41) is 2.56. The number of ether oxygens (including phenoxy) is 1. The largest absolute Gasteiger partial charge is 0.494 e. The minimum absolute atomic E-state index is 0.0936. The summed E-state index contributed by atoms with van der Waals surface area (Å²) < 4.78 is 32.4. The lowest BCUT2D eigenvalue weighted by Gasteiger charge is -2.20. The number of rotatable bonds is 7. The van der Waals surface area contributed by atoms with Crippen molar-refractivity contribution in [1.82, 2.24) is 9.62 Å². The van der Waals surface area contributed by atoms with Gasteiger partial charge >= 0.3 is 0 Å². The van der Waals surface area contributed by atoms with E-state index in [4.69, 9.17) is 4.74 Å². The van der Waals surface area contributed by atoms with E-state index in [9.17, 15) is 13.2 Å². The fourth-order valence-corrected chi connectivity index (χ4v) is 3.65. The van der Waals surface area contributed by atoms with Gasteiger partial charge in [0, 0.05) is 31.8 Å². The van der Waals surface area contributed by atoms with Crippen molar-refractivity contribution >= 4 is 15.9 Å². The monoisotopic (exact) mass is 376 g/mol. The van der Waals surface area contributed by atoms with Crippen LogP contribution in [0.3, 0.4) is 0 Å². The average Bonchev–Trinajstić information content (AvgIpc) is 2.62.